The Bertz CT molecular complexity index is 640. The number of pyridine rings is 1. The Morgan fingerprint density at radius 3 is 2.67 bits per heavy atom. The highest BCUT2D eigenvalue weighted by Gasteiger charge is 2.40. The van der Waals surface area contributed by atoms with E-state index in [2.05, 4.69) is 41.2 Å². The lowest BCUT2D eigenvalue weighted by Crippen LogP contribution is -2.42. The molecule has 1 aromatic carbocycles. The molecule has 0 amide bonds. The van der Waals surface area contributed by atoms with E-state index < -0.39 is 0 Å². The molecule has 2 bridgehead atoms. The molecule has 3 atom stereocenters. The summed E-state index contributed by atoms with van der Waals surface area (Å²) < 4.78 is 0. The number of fused-ring (bicyclic) bond motifs is 3. The van der Waals surface area contributed by atoms with Crippen LogP contribution in [-0.4, -0.2) is 29.0 Å². The van der Waals surface area contributed by atoms with E-state index in [0.717, 1.165) is 17.6 Å². The lowest BCUT2D eigenvalue weighted by Gasteiger charge is -2.38. The van der Waals surface area contributed by atoms with Crippen LogP contribution in [0.3, 0.4) is 0 Å². The fraction of sp³-hybridized carbons (Fsp3) is 0.500. The van der Waals surface area contributed by atoms with Gasteiger partial charge in [0.05, 0.1) is 5.52 Å². The van der Waals surface area contributed by atoms with Gasteiger partial charge in [0, 0.05) is 29.7 Å². The summed E-state index contributed by atoms with van der Waals surface area (Å²) in [6.45, 7) is 0. The highest BCUT2D eigenvalue weighted by molar-refractivity contribution is 5.78. The van der Waals surface area contributed by atoms with Crippen molar-refractivity contribution in [3.05, 3.63) is 42.1 Å². The minimum Gasteiger partial charge on any atom is -0.324 e. The van der Waals surface area contributed by atoms with Crippen LogP contribution in [0.1, 0.15) is 37.3 Å². The zero-order valence-corrected chi connectivity index (χ0v) is 12.6. The molecule has 2 aromatic rings. The molecular formula is C18H23N3. The van der Waals surface area contributed by atoms with Gasteiger partial charge in [-0.25, -0.2) is 0 Å². The molecule has 3 unspecified atom stereocenters. The normalized spacial score (nSPS) is 30.7. The molecule has 0 saturated carbocycles. The molecule has 4 rings (SSSR count). The summed E-state index contributed by atoms with van der Waals surface area (Å²) in [6, 6.07) is 12.1. The van der Waals surface area contributed by atoms with Crippen molar-refractivity contribution in [1.29, 1.82) is 0 Å². The van der Waals surface area contributed by atoms with Crippen molar-refractivity contribution in [2.45, 2.75) is 43.8 Å². The second-order valence-corrected chi connectivity index (χ2v) is 6.77. The number of hydrogen-bond acceptors (Lipinski definition) is 3. The minimum atomic E-state index is 0.124. The standard InChI is InChI=1S/C18H23N3/c1-21-15-6-7-16(21)10-13(9-15)18(19)14-8-12-4-2-3-5-17(12)20-11-14/h2-5,8,11,13,15-16,18H,6-7,9-10,19H2,1H3. The second kappa shape index (κ2) is 5.08. The molecule has 2 aliphatic heterocycles. The van der Waals surface area contributed by atoms with Crippen molar-refractivity contribution in [1.82, 2.24) is 9.88 Å². The van der Waals surface area contributed by atoms with Crippen LogP contribution in [0, 0.1) is 5.92 Å². The fourth-order valence-electron chi connectivity index (χ4n) is 4.29. The first-order valence-corrected chi connectivity index (χ1v) is 8.04. The molecule has 2 fully saturated rings. The summed E-state index contributed by atoms with van der Waals surface area (Å²) in [6.07, 6.45) is 7.15. The van der Waals surface area contributed by atoms with Gasteiger partial charge >= 0.3 is 0 Å². The van der Waals surface area contributed by atoms with E-state index in [4.69, 9.17) is 5.73 Å². The maximum Gasteiger partial charge on any atom is 0.0702 e. The molecule has 21 heavy (non-hydrogen) atoms. The van der Waals surface area contributed by atoms with Crippen LogP contribution < -0.4 is 5.73 Å². The average molecular weight is 281 g/mol. The molecule has 3 nitrogen and oxygen atoms in total. The molecule has 3 heterocycles. The average Bonchev–Trinajstić information content (AvgIpc) is 2.75. The third-order valence-electron chi connectivity index (χ3n) is 5.64. The van der Waals surface area contributed by atoms with Crippen LogP contribution >= 0.6 is 0 Å². The lowest BCUT2D eigenvalue weighted by molar-refractivity contribution is 0.121. The Kier molecular flexibility index (Phi) is 3.20. The van der Waals surface area contributed by atoms with Crippen molar-refractivity contribution in [3.8, 4) is 0 Å². The highest BCUT2D eigenvalue weighted by atomic mass is 15.2. The number of piperidine rings is 1. The maximum atomic E-state index is 6.60. The third-order valence-corrected chi connectivity index (χ3v) is 5.64. The summed E-state index contributed by atoms with van der Waals surface area (Å²) in [4.78, 5) is 7.15. The van der Waals surface area contributed by atoms with Gasteiger partial charge in [-0.2, -0.15) is 0 Å². The summed E-state index contributed by atoms with van der Waals surface area (Å²) in [7, 11) is 2.28. The molecular weight excluding hydrogens is 258 g/mol. The van der Waals surface area contributed by atoms with Crippen LogP contribution in [0.2, 0.25) is 0 Å². The van der Waals surface area contributed by atoms with Crippen molar-refractivity contribution >= 4 is 10.9 Å². The van der Waals surface area contributed by atoms with E-state index >= 15 is 0 Å². The molecule has 2 aliphatic rings. The van der Waals surface area contributed by atoms with Crippen molar-refractivity contribution in [2.75, 3.05) is 7.05 Å². The molecule has 0 radical (unpaired) electrons. The Labute approximate surface area is 126 Å². The van der Waals surface area contributed by atoms with Crippen LogP contribution in [0.5, 0.6) is 0 Å². The zero-order chi connectivity index (χ0) is 14.4. The molecule has 3 heteroatoms. The third kappa shape index (κ3) is 2.25. The van der Waals surface area contributed by atoms with Crippen molar-refractivity contribution < 1.29 is 0 Å². The van der Waals surface area contributed by atoms with E-state index in [0.29, 0.717) is 5.92 Å². The summed E-state index contributed by atoms with van der Waals surface area (Å²) in [5.74, 6) is 0.599. The van der Waals surface area contributed by atoms with Crippen LogP contribution in [0.25, 0.3) is 10.9 Å². The lowest BCUT2D eigenvalue weighted by atomic mass is 9.83. The summed E-state index contributed by atoms with van der Waals surface area (Å²) >= 11 is 0. The smallest absolute Gasteiger partial charge is 0.0702 e. The first kappa shape index (κ1) is 13.2. The number of hydrogen-bond donors (Lipinski definition) is 1. The van der Waals surface area contributed by atoms with Gasteiger partial charge in [-0.15, -0.1) is 0 Å². The van der Waals surface area contributed by atoms with Gasteiger partial charge in [0.1, 0.15) is 0 Å². The number of rotatable bonds is 2. The molecule has 2 N–H and O–H groups in total. The Balaban J connectivity index is 1.60. The maximum absolute atomic E-state index is 6.60. The van der Waals surface area contributed by atoms with Crippen LogP contribution in [0.4, 0.5) is 0 Å². The topological polar surface area (TPSA) is 42.1 Å². The number of aromatic nitrogens is 1. The van der Waals surface area contributed by atoms with Crippen LogP contribution in [-0.2, 0) is 0 Å². The molecule has 1 aromatic heterocycles. The molecule has 110 valence electrons. The minimum absolute atomic E-state index is 0.124. The van der Waals surface area contributed by atoms with Crippen molar-refractivity contribution in [2.24, 2.45) is 11.7 Å². The zero-order valence-electron chi connectivity index (χ0n) is 12.6. The van der Waals surface area contributed by atoms with Gasteiger partial charge in [-0.3, -0.25) is 4.98 Å². The van der Waals surface area contributed by atoms with Gasteiger partial charge in [0.15, 0.2) is 0 Å². The molecule has 2 saturated heterocycles. The highest BCUT2D eigenvalue weighted by Crippen LogP contribution is 2.41. The fourth-order valence-corrected chi connectivity index (χ4v) is 4.29. The molecule has 0 aliphatic carbocycles. The monoisotopic (exact) mass is 281 g/mol. The Hall–Kier alpha value is -1.45. The van der Waals surface area contributed by atoms with Crippen molar-refractivity contribution in [3.63, 3.8) is 0 Å². The summed E-state index contributed by atoms with van der Waals surface area (Å²) in [5.41, 5.74) is 8.85. The number of benzene rings is 1. The van der Waals surface area contributed by atoms with Gasteiger partial charge in [0.2, 0.25) is 0 Å². The summed E-state index contributed by atoms with van der Waals surface area (Å²) in [5, 5.41) is 1.20. The number of para-hydroxylation sites is 1. The largest absolute Gasteiger partial charge is 0.324 e. The van der Waals surface area contributed by atoms with Gasteiger partial charge in [-0.1, -0.05) is 18.2 Å². The van der Waals surface area contributed by atoms with Crippen LogP contribution in [0.15, 0.2) is 36.5 Å². The Morgan fingerprint density at radius 1 is 1.19 bits per heavy atom. The predicted molar refractivity (Wildman–Crippen MR) is 86.0 cm³/mol. The first-order valence-electron chi connectivity index (χ1n) is 8.04. The quantitative estimate of drug-likeness (QED) is 0.919. The van der Waals surface area contributed by atoms with E-state index in [-0.39, 0.29) is 6.04 Å². The van der Waals surface area contributed by atoms with Gasteiger partial charge in [-0.05, 0) is 56.3 Å². The van der Waals surface area contributed by atoms with E-state index in [1.807, 2.05) is 12.3 Å². The van der Waals surface area contributed by atoms with E-state index in [9.17, 15) is 0 Å². The van der Waals surface area contributed by atoms with E-state index in [1.165, 1.54) is 36.6 Å². The molecule has 0 spiro atoms. The Morgan fingerprint density at radius 2 is 1.90 bits per heavy atom. The van der Waals surface area contributed by atoms with Gasteiger partial charge < -0.3 is 10.6 Å². The SMILES string of the molecule is CN1C2CCC1CC(C(N)c1cnc3ccccc3c1)C2. The predicted octanol–water partition coefficient (Wildman–Crippen LogP) is 3.11. The first-order chi connectivity index (χ1) is 10.2. The second-order valence-electron chi connectivity index (χ2n) is 6.77. The van der Waals surface area contributed by atoms with E-state index in [1.54, 1.807) is 0 Å². The number of nitrogens with zero attached hydrogens (tertiary/aromatic N) is 2. The van der Waals surface area contributed by atoms with Gasteiger partial charge in [0.25, 0.3) is 0 Å². The number of nitrogens with two attached hydrogens (primary N) is 1.